The molecule has 0 aliphatic carbocycles. The highest BCUT2D eigenvalue weighted by Crippen LogP contribution is 2.21. The molecule has 0 fully saturated rings. The summed E-state index contributed by atoms with van der Waals surface area (Å²) >= 11 is 0. The summed E-state index contributed by atoms with van der Waals surface area (Å²) in [5.74, 6) is 2.56. The molecule has 3 N–H and O–H groups in total. The fraction of sp³-hybridized carbons (Fsp3) is 0.333. The standard InChI is InChI=1S/C12H15NO/c1-3-10-5-4-6-11(9-10)12(2,13)7-8-14/h1,4-6,9,14H,7-8,13H2,2H3/t12-/m0/s1. The Kier molecular flexibility index (Phi) is 3.29. The van der Waals surface area contributed by atoms with E-state index >= 15 is 0 Å². The average molecular weight is 189 g/mol. The number of hydrogen-bond donors (Lipinski definition) is 2. The largest absolute Gasteiger partial charge is 0.396 e. The van der Waals surface area contributed by atoms with Crippen LogP contribution in [-0.4, -0.2) is 11.7 Å². The maximum atomic E-state index is 8.87. The first-order chi connectivity index (χ1) is 6.60. The fourth-order valence-electron chi connectivity index (χ4n) is 1.34. The third-order valence-electron chi connectivity index (χ3n) is 2.32. The second-order valence-electron chi connectivity index (χ2n) is 3.62. The van der Waals surface area contributed by atoms with Crippen molar-refractivity contribution in [2.24, 2.45) is 5.73 Å². The number of aliphatic hydroxyl groups is 1. The minimum atomic E-state index is -0.512. The molecule has 1 aromatic carbocycles. The van der Waals surface area contributed by atoms with Crippen molar-refractivity contribution in [2.75, 3.05) is 6.61 Å². The van der Waals surface area contributed by atoms with Crippen LogP contribution in [0.1, 0.15) is 24.5 Å². The predicted octanol–water partition coefficient (Wildman–Crippen LogP) is 1.22. The molecule has 14 heavy (non-hydrogen) atoms. The van der Waals surface area contributed by atoms with E-state index in [2.05, 4.69) is 5.92 Å². The van der Waals surface area contributed by atoms with Crippen LogP contribution in [0.5, 0.6) is 0 Å². The molecule has 1 aromatic rings. The Morgan fingerprint density at radius 1 is 1.57 bits per heavy atom. The minimum absolute atomic E-state index is 0.0767. The van der Waals surface area contributed by atoms with Crippen LogP contribution in [0.3, 0.4) is 0 Å². The van der Waals surface area contributed by atoms with E-state index in [9.17, 15) is 0 Å². The Hall–Kier alpha value is -1.30. The Morgan fingerprint density at radius 2 is 2.29 bits per heavy atom. The van der Waals surface area contributed by atoms with Crippen LogP contribution in [0.2, 0.25) is 0 Å². The van der Waals surface area contributed by atoms with E-state index in [1.807, 2.05) is 31.2 Å². The molecular formula is C12H15NO. The topological polar surface area (TPSA) is 46.2 Å². The highest BCUT2D eigenvalue weighted by Gasteiger charge is 2.20. The summed E-state index contributed by atoms with van der Waals surface area (Å²) in [5.41, 5.74) is 7.31. The van der Waals surface area contributed by atoms with Crippen LogP contribution >= 0.6 is 0 Å². The summed E-state index contributed by atoms with van der Waals surface area (Å²) in [6.45, 7) is 1.96. The van der Waals surface area contributed by atoms with Gasteiger partial charge in [0, 0.05) is 17.7 Å². The third kappa shape index (κ3) is 2.35. The molecule has 0 radical (unpaired) electrons. The van der Waals surface area contributed by atoms with E-state index < -0.39 is 5.54 Å². The van der Waals surface area contributed by atoms with Gasteiger partial charge in [0.25, 0.3) is 0 Å². The zero-order valence-corrected chi connectivity index (χ0v) is 8.33. The number of aliphatic hydroxyl groups excluding tert-OH is 1. The van der Waals surface area contributed by atoms with Crippen LogP contribution in [0, 0.1) is 12.3 Å². The smallest absolute Gasteiger partial charge is 0.0451 e. The molecule has 0 aromatic heterocycles. The molecule has 0 heterocycles. The van der Waals surface area contributed by atoms with E-state index in [0.29, 0.717) is 6.42 Å². The lowest BCUT2D eigenvalue weighted by molar-refractivity contribution is 0.247. The molecular weight excluding hydrogens is 174 g/mol. The maximum absolute atomic E-state index is 8.87. The predicted molar refractivity (Wildman–Crippen MR) is 57.6 cm³/mol. The Morgan fingerprint density at radius 3 is 2.86 bits per heavy atom. The van der Waals surface area contributed by atoms with Crippen molar-refractivity contribution in [3.05, 3.63) is 35.4 Å². The lowest BCUT2D eigenvalue weighted by Crippen LogP contribution is -2.34. The monoisotopic (exact) mass is 189 g/mol. The van der Waals surface area contributed by atoms with Gasteiger partial charge in [-0.1, -0.05) is 18.1 Å². The first kappa shape index (κ1) is 10.8. The van der Waals surface area contributed by atoms with Gasteiger partial charge in [-0.2, -0.15) is 0 Å². The van der Waals surface area contributed by atoms with E-state index in [0.717, 1.165) is 11.1 Å². The highest BCUT2D eigenvalue weighted by atomic mass is 16.3. The second-order valence-corrected chi connectivity index (χ2v) is 3.62. The van der Waals surface area contributed by atoms with Gasteiger partial charge in [-0.15, -0.1) is 6.42 Å². The first-order valence-corrected chi connectivity index (χ1v) is 4.57. The number of benzene rings is 1. The number of terminal acetylenes is 1. The van der Waals surface area contributed by atoms with Crippen molar-refractivity contribution >= 4 is 0 Å². The molecule has 0 saturated carbocycles. The number of nitrogens with two attached hydrogens (primary N) is 1. The summed E-state index contributed by atoms with van der Waals surface area (Å²) in [6, 6.07) is 7.55. The van der Waals surface area contributed by atoms with Crippen LogP contribution in [0.4, 0.5) is 0 Å². The van der Waals surface area contributed by atoms with Crippen LogP contribution in [0.25, 0.3) is 0 Å². The molecule has 0 bridgehead atoms. The molecule has 2 heteroatoms. The van der Waals surface area contributed by atoms with Gasteiger partial charge < -0.3 is 10.8 Å². The molecule has 0 spiro atoms. The van der Waals surface area contributed by atoms with Gasteiger partial charge in [-0.3, -0.25) is 0 Å². The van der Waals surface area contributed by atoms with Crippen LogP contribution in [0.15, 0.2) is 24.3 Å². The van der Waals surface area contributed by atoms with Crippen LogP contribution < -0.4 is 5.73 Å². The highest BCUT2D eigenvalue weighted by molar-refractivity contribution is 5.37. The summed E-state index contributed by atoms with van der Waals surface area (Å²) in [4.78, 5) is 0. The van der Waals surface area contributed by atoms with Crippen molar-refractivity contribution in [2.45, 2.75) is 18.9 Å². The zero-order chi connectivity index (χ0) is 10.6. The minimum Gasteiger partial charge on any atom is -0.396 e. The van der Waals surface area contributed by atoms with Gasteiger partial charge in [0.1, 0.15) is 0 Å². The SMILES string of the molecule is C#Cc1cccc([C@@](C)(N)CCO)c1. The number of rotatable bonds is 3. The molecule has 0 aliphatic heterocycles. The molecule has 0 amide bonds. The molecule has 0 aliphatic rings. The Bertz CT molecular complexity index is 350. The molecule has 1 rings (SSSR count). The maximum Gasteiger partial charge on any atom is 0.0451 e. The lowest BCUT2D eigenvalue weighted by atomic mass is 9.89. The van der Waals surface area contributed by atoms with Gasteiger partial charge in [0.15, 0.2) is 0 Å². The Labute approximate surface area is 84.8 Å². The summed E-state index contributed by atoms with van der Waals surface area (Å²) in [6.07, 6.45) is 5.82. The van der Waals surface area contributed by atoms with Gasteiger partial charge in [0.05, 0.1) is 0 Å². The second kappa shape index (κ2) is 4.28. The van der Waals surface area contributed by atoms with E-state index in [1.54, 1.807) is 0 Å². The molecule has 2 nitrogen and oxygen atoms in total. The normalized spacial score (nSPS) is 14.4. The van der Waals surface area contributed by atoms with Gasteiger partial charge in [-0.05, 0) is 31.0 Å². The molecule has 0 unspecified atom stereocenters. The van der Waals surface area contributed by atoms with Gasteiger partial charge in [0.2, 0.25) is 0 Å². The van der Waals surface area contributed by atoms with Gasteiger partial charge >= 0.3 is 0 Å². The molecule has 1 atom stereocenters. The average Bonchev–Trinajstić information content (AvgIpc) is 2.18. The molecule has 74 valence electrons. The lowest BCUT2D eigenvalue weighted by Gasteiger charge is -2.24. The quantitative estimate of drug-likeness (QED) is 0.702. The number of hydrogen-bond acceptors (Lipinski definition) is 2. The molecule has 0 saturated heterocycles. The van der Waals surface area contributed by atoms with Crippen molar-refractivity contribution in [1.82, 2.24) is 0 Å². The van der Waals surface area contributed by atoms with E-state index in [4.69, 9.17) is 17.3 Å². The third-order valence-corrected chi connectivity index (χ3v) is 2.32. The first-order valence-electron chi connectivity index (χ1n) is 4.57. The van der Waals surface area contributed by atoms with Gasteiger partial charge in [-0.25, -0.2) is 0 Å². The van der Waals surface area contributed by atoms with Crippen molar-refractivity contribution < 1.29 is 5.11 Å². The van der Waals surface area contributed by atoms with Crippen molar-refractivity contribution in [3.8, 4) is 12.3 Å². The summed E-state index contributed by atoms with van der Waals surface area (Å²) in [5, 5.41) is 8.87. The van der Waals surface area contributed by atoms with Crippen molar-refractivity contribution in [3.63, 3.8) is 0 Å². The Balaban J connectivity index is 3.01. The fourth-order valence-corrected chi connectivity index (χ4v) is 1.34. The summed E-state index contributed by atoms with van der Waals surface area (Å²) < 4.78 is 0. The zero-order valence-electron chi connectivity index (χ0n) is 8.33. The summed E-state index contributed by atoms with van der Waals surface area (Å²) in [7, 11) is 0. The van der Waals surface area contributed by atoms with E-state index in [1.165, 1.54) is 0 Å². The van der Waals surface area contributed by atoms with Crippen LogP contribution in [-0.2, 0) is 5.54 Å². The van der Waals surface area contributed by atoms with Crippen molar-refractivity contribution in [1.29, 1.82) is 0 Å². The van der Waals surface area contributed by atoms with E-state index in [-0.39, 0.29) is 6.61 Å².